The lowest BCUT2D eigenvalue weighted by atomic mass is 10.1. The standard InChI is InChI=1S/C11H10N2OS2/c1-2-13-10(14)7-16-11(13)9(5-12)8-3-4-15-6-8/h3-4,6H,2,7H2,1H3. The van der Waals surface area contributed by atoms with Gasteiger partial charge in [-0.3, -0.25) is 4.79 Å². The van der Waals surface area contributed by atoms with Gasteiger partial charge in [0.2, 0.25) is 5.91 Å². The van der Waals surface area contributed by atoms with E-state index in [9.17, 15) is 10.1 Å². The average Bonchev–Trinajstić information content (AvgIpc) is 2.90. The van der Waals surface area contributed by atoms with Crippen LogP contribution in [0.2, 0.25) is 0 Å². The number of nitriles is 1. The van der Waals surface area contributed by atoms with Crippen molar-refractivity contribution in [1.82, 2.24) is 4.90 Å². The van der Waals surface area contributed by atoms with Crippen LogP contribution < -0.4 is 0 Å². The lowest BCUT2D eigenvalue weighted by Gasteiger charge is -2.15. The van der Waals surface area contributed by atoms with Crippen LogP contribution in [0.15, 0.2) is 21.9 Å². The third-order valence-corrected chi connectivity index (χ3v) is 4.10. The summed E-state index contributed by atoms with van der Waals surface area (Å²) in [6.45, 7) is 2.54. The van der Waals surface area contributed by atoms with E-state index in [2.05, 4.69) is 6.07 Å². The van der Waals surface area contributed by atoms with Gasteiger partial charge in [-0.25, -0.2) is 0 Å². The monoisotopic (exact) mass is 250 g/mol. The molecule has 1 aromatic rings. The first-order chi connectivity index (χ1) is 7.77. The van der Waals surface area contributed by atoms with Gasteiger partial charge in [0.25, 0.3) is 0 Å². The van der Waals surface area contributed by atoms with Crippen molar-refractivity contribution in [1.29, 1.82) is 5.26 Å². The molecule has 0 bridgehead atoms. The summed E-state index contributed by atoms with van der Waals surface area (Å²) < 4.78 is 0. The SMILES string of the molecule is CCN1C(=O)CSC1=C(C#N)c1ccsc1. The van der Waals surface area contributed by atoms with E-state index in [1.165, 1.54) is 11.8 Å². The number of allylic oxidation sites excluding steroid dienone is 1. The second-order valence-electron chi connectivity index (χ2n) is 3.23. The van der Waals surface area contributed by atoms with E-state index in [0.717, 1.165) is 10.6 Å². The van der Waals surface area contributed by atoms with Crippen LogP contribution in [-0.4, -0.2) is 23.1 Å². The molecule has 3 nitrogen and oxygen atoms in total. The molecule has 0 spiro atoms. The lowest BCUT2D eigenvalue weighted by Crippen LogP contribution is -2.24. The van der Waals surface area contributed by atoms with Crippen molar-refractivity contribution < 1.29 is 4.79 Å². The van der Waals surface area contributed by atoms with Crippen LogP contribution >= 0.6 is 23.1 Å². The first-order valence-corrected chi connectivity index (χ1v) is 6.81. The van der Waals surface area contributed by atoms with Crippen molar-refractivity contribution in [3.05, 3.63) is 27.4 Å². The van der Waals surface area contributed by atoms with Gasteiger partial charge in [0, 0.05) is 12.1 Å². The minimum atomic E-state index is 0.0884. The number of carbonyl (C=O) groups is 1. The number of thiophene rings is 1. The van der Waals surface area contributed by atoms with E-state index in [0.29, 0.717) is 17.9 Å². The van der Waals surface area contributed by atoms with Gasteiger partial charge in [-0.2, -0.15) is 16.6 Å². The van der Waals surface area contributed by atoms with Crippen LogP contribution in [0.25, 0.3) is 5.57 Å². The molecule has 2 heterocycles. The Kier molecular flexibility index (Phi) is 3.32. The fraction of sp³-hybridized carbons (Fsp3) is 0.273. The fourth-order valence-corrected chi connectivity index (χ4v) is 3.33. The number of nitrogens with zero attached hydrogens (tertiary/aromatic N) is 2. The lowest BCUT2D eigenvalue weighted by molar-refractivity contribution is -0.125. The molecule has 1 aliphatic rings. The Balaban J connectivity index is 2.47. The topological polar surface area (TPSA) is 44.1 Å². The first-order valence-electron chi connectivity index (χ1n) is 4.88. The van der Waals surface area contributed by atoms with Gasteiger partial charge in [-0.05, 0) is 23.8 Å². The molecule has 0 aliphatic carbocycles. The highest BCUT2D eigenvalue weighted by atomic mass is 32.2. The van der Waals surface area contributed by atoms with E-state index in [4.69, 9.17) is 0 Å². The second-order valence-corrected chi connectivity index (χ2v) is 4.97. The van der Waals surface area contributed by atoms with E-state index >= 15 is 0 Å². The van der Waals surface area contributed by atoms with Crippen molar-refractivity contribution in [3.63, 3.8) is 0 Å². The van der Waals surface area contributed by atoms with E-state index < -0.39 is 0 Å². The minimum Gasteiger partial charge on any atom is -0.305 e. The molecule has 16 heavy (non-hydrogen) atoms. The highest BCUT2D eigenvalue weighted by Crippen LogP contribution is 2.35. The Hall–Kier alpha value is -1.25. The Labute approximate surface area is 102 Å². The molecule has 0 N–H and O–H groups in total. The molecule has 0 atom stereocenters. The average molecular weight is 250 g/mol. The van der Waals surface area contributed by atoms with Crippen molar-refractivity contribution >= 4 is 34.6 Å². The van der Waals surface area contributed by atoms with Crippen LogP contribution in [0.1, 0.15) is 12.5 Å². The van der Waals surface area contributed by atoms with Gasteiger partial charge in [0.05, 0.1) is 16.4 Å². The fourth-order valence-electron chi connectivity index (χ4n) is 1.57. The quantitative estimate of drug-likeness (QED) is 0.758. The molecule has 1 aromatic heterocycles. The zero-order chi connectivity index (χ0) is 11.5. The van der Waals surface area contributed by atoms with Gasteiger partial charge in [0.15, 0.2) is 0 Å². The molecule has 1 amide bonds. The summed E-state index contributed by atoms with van der Waals surface area (Å²) in [7, 11) is 0. The molecule has 1 saturated heterocycles. The van der Waals surface area contributed by atoms with Crippen molar-refractivity contribution in [2.45, 2.75) is 6.92 Å². The van der Waals surface area contributed by atoms with E-state index in [-0.39, 0.29) is 5.91 Å². The highest BCUT2D eigenvalue weighted by Gasteiger charge is 2.28. The van der Waals surface area contributed by atoms with Gasteiger partial charge >= 0.3 is 0 Å². The molecule has 1 aliphatic heterocycles. The maximum absolute atomic E-state index is 11.6. The summed E-state index contributed by atoms with van der Waals surface area (Å²) in [5.74, 6) is 0.531. The summed E-state index contributed by atoms with van der Waals surface area (Å²) in [5.41, 5.74) is 1.52. The molecule has 5 heteroatoms. The molecule has 2 rings (SSSR count). The van der Waals surface area contributed by atoms with Crippen LogP contribution in [0.5, 0.6) is 0 Å². The second kappa shape index (κ2) is 4.73. The van der Waals surface area contributed by atoms with Gasteiger partial charge in [0.1, 0.15) is 6.07 Å². The van der Waals surface area contributed by atoms with Gasteiger partial charge < -0.3 is 4.90 Å². The zero-order valence-corrected chi connectivity index (χ0v) is 10.4. The molecule has 0 unspecified atom stereocenters. The number of amides is 1. The Bertz CT molecular complexity index is 471. The zero-order valence-electron chi connectivity index (χ0n) is 8.77. The minimum absolute atomic E-state index is 0.0884. The molecular weight excluding hydrogens is 240 g/mol. The highest BCUT2D eigenvalue weighted by molar-refractivity contribution is 8.04. The number of thioether (sulfide) groups is 1. The van der Waals surface area contributed by atoms with E-state index in [1.54, 1.807) is 16.2 Å². The summed E-state index contributed by atoms with van der Waals surface area (Å²) in [4.78, 5) is 13.3. The van der Waals surface area contributed by atoms with Crippen LogP contribution in [0, 0.1) is 11.3 Å². The molecule has 82 valence electrons. The maximum atomic E-state index is 11.6. The maximum Gasteiger partial charge on any atom is 0.237 e. The normalized spacial score (nSPS) is 18.8. The molecule has 1 fully saturated rings. The summed E-state index contributed by atoms with van der Waals surface area (Å²) in [5, 5.41) is 13.9. The molecular formula is C11H10N2OS2. The van der Waals surface area contributed by atoms with Crippen LogP contribution in [-0.2, 0) is 4.79 Å². The summed E-state index contributed by atoms with van der Waals surface area (Å²) >= 11 is 3.01. The van der Waals surface area contributed by atoms with Crippen LogP contribution in [0.3, 0.4) is 0 Å². The molecule has 0 aromatic carbocycles. The first kappa shape index (κ1) is 11.2. The Morgan fingerprint density at radius 3 is 3.06 bits per heavy atom. The number of hydrogen-bond acceptors (Lipinski definition) is 4. The Morgan fingerprint density at radius 1 is 1.69 bits per heavy atom. The predicted molar refractivity (Wildman–Crippen MR) is 66.7 cm³/mol. The van der Waals surface area contributed by atoms with Crippen LogP contribution in [0.4, 0.5) is 0 Å². The number of hydrogen-bond donors (Lipinski definition) is 0. The van der Waals surface area contributed by atoms with Crippen molar-refractivity contribution in [2.75, 3.05) is 12.3 Å². The third-order valence-electron chi connectivity index (χ3n) is 2.33. The summed E-state index contributed by atoms with van der Waals surface area (Å²) in [6, 6.07) is 4.11. The number of carbonyl (C=O) groups excluding carboxylic acids is 1. The molecule has 0 saturated carbocycles. The van der Waals surface area contributed by atoms with Gasteiger partial charge in [-0.1, -0.05) is 11.8 Å². The Morgan fingerprint density at radius 2 is 2.50 bits per heavy atom. The third kappa shape index (κ3) is 1.86. The smallest absolute Gasteiger partial charge is 0.237 e. The predicted octanol–water partition coefficient (Wildman–Crippen LogP) is 2.54. The van der Waals surface area contributed by atoms with E-state index in [1.807, 2.05) is 23.8 Å². The van der Waals surface area contributed by atoms with Crippen molar-refractivity contribution in [3.8, 4) is 6.07 Å². The number of rotatable bonds is 2. The van der Waals surface area contributed by atoms with Gasteiger partial charge in [-0.15, -0.1) is 0 Å². The largest absolute Gasteiger partial charge is 0.305 e. The summed E-state index contributed by atoms with van der Waals surface area (Å²) in [6.07, 6.45) is 0. The van der Waals surface area contributed by atoms with Crippen molar-refractivity contribution in [2.24, 2.45) is 0 Å². The molecule has 0 radical (unpaired) electrons.